The summed E-state index contributed by atoms with van der Waals surface area (Å²) in [5.41, 5.74) is -0.801. The molecule has 0 aromatic heterocycles. The number of carboxylic acids is 2. The van der Waals surface area contributed by atoms with Gasteiger partial charge in [-0.05, 0) is 39.0 Å². The lowest BCUT2D eigenvalue weighted by Crippen LogP contribution is -2.31. The number of carbonyl (C=O) groups is 2. The van der Waals surface area contributed by atoms with Gasteiger partial charge in [0, 0.05) is 0 Å². The van der Waals surface area contributed by atoms with Gasteiger partial charge in [-0.15, -0.1) is 0 Å². The van der Waals surface area contributed by atoms with Crippen LogP contribution in [-0.4, -0.2) is 22.2 Å². The first-order valence-corrected chi connectivity index (χ1v) is 4.82. The Balaban J connectivity index is 2.66. The summed E-state index contributed by atoms with van der Waals surface area (Å²) in [5, 5.41) is 17.8. The maximum absolute atomic E-state index is 10.9. The van der Waals surface area contributed by atoms with E-state index < -0.39 is 17.4 Å². The lowest BCUT2D eigenvalue weighted by atomic mass is 9.77. The zero-order chi connectivity index (χ0) is 10.9. The van der Waals surface area contributed by atoms with Crippen LogP contribution in [0.2, 0.25) is 0 Å². The lowest BCUT2D eigenvalue weighted by molar-refractivity contribution is -0.151. The Kier molecular flexibility index (Phi) is 2.83. The van der Waals surface area contributed by atoms with Gasteiger partial charge in [0.25, 0.3) is 0 Å². The zero-order valence-electron chi connectivity index (χ0n) is 8.49. The largest absolute Gasteiger partial charge is 0.481 e. The monoisotopic (exact) mass is 200 g/mol. The molecule has 1 aliphatic carbocycles. The average molecular weight is 200 g/mol. The van der Waals surface area contributed by atoms with Gasteiger partial charge in [0.2, 0.25) is 0 Å². The van der Waals surface area contributed by atoms with Gasteiger partial charge in [0.05, 0.1) is 11.3 Å². The molecule has 0 aliphatic heterocycles. The number of rotatable bonds is 3. The van der Waals surface area contributed by atoms with Crippen LogP contribution in [-0.2, 0) is 9.59 Å². The Morgan fingerprint density at radius 3 is 2.14 bits per heavy atom. The lowest BCUT2D eigenvalue weighted by Gasteiger charge is -2.26. The van der Waals surface area contributed by atoms with E-state index in [2.05, 4.69) is 0 Å². The molecule has 0 aromatic carbocycles. The molecular weight excluding hydrogens is 184 g/mol. The van der Waals surface area contributed by atoms with Crippen LogP contribution in [0, 0.1) is 17.3 Å². The van der Waals surface area contributed by atoms with E-state index in [0.29, 0.717) is 19.3 Å². The van der Waals surface area contributed by atoms with Crippen molar-refractivity contribution in [2.45, 2.75) is 33.1 Å². The molecule has 1 aliphatic rings. The molecule has 4 heteroatoms. The standard InChI is InChI=1S/C10H16O4/c1-10(2,9(13)14)7-4-3-6(5-7)8(11)12/h6-7H,3-5H2,1-2H3,(H,11,12)(H,13,14). The van der Waals surface area contributed by atoms with Gasteiger partial charge >= 0.3 is 11.9 Å². The van der Waals surface area contributed by atoms with E-state index in [1.807, 2.05) is 0 Å². The van der Waals surface area contributed by atoms with E-state index in [1.54, 1.807) is 13.8 Å². The minimum atomic E-state index is -0.839. The molecule has 2 unspecified atom stereocenters. The van der Waals surface area contributed by atoms with Crippen molar-refractivity contribution < 1.29 is 19.8 Å². The molecule has 0 aromatic rings. The van der Waals surface area contributed by atoms with Crippen LogP contribution >= 0.6 is 0 Å². The van der Waals surface area contributed by atoms with Gasteiger partial charge < -0.3 is 10.2 Å². The van der Waals surface area contributed by atoms with E-state index >= 15 is 0 Å². The molecule has 0 heterocycles. The Bertz CT molecular complexity index is 257. The van der Waals surface area contributed by atoms with Crippen molar-refractivity contribution >= 4 is 11.9 Å². The maximum atomic E-state index is 10.9. The Morgan fingerprint density at radius 1 is 1.21 bits per heavy atom. The fourth-order valence-corrected chi connectivity index (χ4v) is 2.04. The minimum Gasteiger partial charge on any atom is -0.481 e. The van der Waals surface area contributed by atoms with Crippen molar-refractivity contribution in [3.05, 3.63) is 0 Å². The third kappa shape index (κ3) is 1.89. The molecule has 1 saturated carbocycles. The number of aliphatic carboxylic acids is 2. The first-order chi connectivity index (χ1) is 6.35. The van der Waals surface area contributed by atoms with Crippen molar-refractivity contribution in [2.75, 3.05) is 0 Å². The van der Waals surface area contributed by atoms with E-state index in [9.17, 15) is 9.59 Å². The first kappa shape index (κ1) is 11.0. The fraction of sp³-hybridized carbons (Fsp3) is 0.800. The average Bonchev–Trinajstić information content (AvgIpc) is 2.51. The summed E-state index contributed by atoms with van der Waals surface area (Å²) in [4.78, 5) is 21.6. The highest BCUT2D eigenvalue weighted by Crippen LogP contribution is 2.42. The van der Waals surface area contributed by atoms with Crippen molar-refractivity contribution in [1.29, 1.82) is 0 Å². The van der Waals surface area contributed by atoms with Crippen molar-refractivity contribution in [3.8, 4) is 0 Å². The highest BCUT2D eigenvalue weighted by molar-refractivity contribution is 5.75. The molecule has 4 nitrogen and oxygen atoms in total. The summed E-state index contributed by atoms with van der Waals surface area (Å²) < 4.78 is 0. The molecule has 14 heavy (non-hydrogen) atoms. The minimum absolute atomic E-state index is 0.0129. The van der Waals surface area contributed by atoms with Crippen LogP contribution in [0.15, 0.2) is 0 Å². The summed E-state index contributed by atoms with van der Waals surface area (Å²) in [7, 11) is 0. The zero-order valence-corrected chi connectivity index (χ0v) is 8.49. The summed E-state index contributed by atoms with van der Waals surface area (Å²) in [6, 6.07) is 0. The van der Waals surface area contributed by atoms with Gasteiger partial charge in [-0.25, -0.2) is 0 Å². The van der Waals surface area contributed by atoms with Crippen LogP contribution in [0.25, 0.3) is 0 Å². The van der Waals surface area contributed by atoms with Crippen LogP contribution in [0.4, 0.5) is 0 Å². The SMILES string of the molecule is CC(C)(C(=O)O)C1CCC(C(=O)O)C1. The molecule has 80 valence electrons. The highest BCUT2D eigenvalue weighted by Gasteiger charge is 2.42. The van der Waals surface area contributed by atoms with Crippen molar-refractivity contribution in [3.63, 3.8) is 0 Å². The van der Waals surface area contributed by atoms with Gasteiger partial charge in [-0.1, -0.05) is 0 Å². The van der Waals surface area contributed by atoms with Gasteiger partial charge in [0.15, 0.2) is 0 Å². The summed E-state index contributed by atoms with van der Waals surface area (Å²) >= 11 is 0. The van der Waals surface area contributed by atoms with Crippen LogP contribution in [0.3, 0.4) is 0 Å². The third-order valence-electron chi connectivity index (χ3n) is 3.35. The second-order valence-electron chi connectivity index (χ2n) is 4.57. The van der Waals surface area contributed by atoms with Crippen LogP contribution in [0.1, 0.15) is 33.1 Å². The molecule has 0 spiro atoms. The maximum Gasteiger partial charge on any atom is 0.309 e. The predicted octanol–water partition coefficient (Wildman–Crippen LogP) is 1.60. The molecule has 1 fully saturated rings. The van der Waals surface area contributed by atoms with Crippen molar-refractivity contribution in [1.82, 2.24) is 0 Å². The second-order valence-corrected chi connectivity index (χ2v) is 4.57. The smallest absolute Gasteiger partial charge is 0.309 e. The Hall–Kier alpha value is -1.06. The molecule has 0 saturated heterocycles. The normalized spacial score (nSPS) is 27.6. The van der Waals surface area contributed by atoms with Crippen LogP contribution < -0.4 is 0 Å². The second kappa shape index (κ2) is 3.59. The Morgan fingerprint density at radius 2 is 1.79 bits per heavy atom. The fourth-order valence-electron chi connectivity index (χ4n) is 2.04. The molecule has 2 atom stereocenters. The van der Waals surface area contributed by atoms with Gasteiger partial charge in [-0.3, -0.25) is 9.59 Å². The molecule has 1 rings (SSSR count). The summed E-state index contributed by atoms with van der Waals surface area (Å²) in [5.74, 6) is -2.00. The van der Waals surface area contributed by atoms with Crippen molar-refractivity contribution in [2.24, 2.45) is 17.3 Å². The summed E-state index contributed by atoms with van der Waals surface area (Å²) in [6.07, 6.45) is 1.81. The number of carboxylic acid groups (broad SMARTS) is 2. The predicted molar refractivity (Wildman–Crippen MR) is 49.9 cm³/mol. The molecule has 2 N–H and O–H groups in total. The van der Waals surface area contributed by atoms with E-state index in [4.69, 9.17) is 10.2 Å². The topological polar surface area (TPSA) is 74.6 Å². The quantitative estimate of drug-likeness (QED) is 0.725. The molecular formula is C10H16O4. The van der Waals surface area contributed by atoms with E-state index in [1.165, 1.54) is 0 Å². The van der Waals surface area contributed by atoms with E-state index in [-0.39, 0.29) is 11.8 Å². The number of hydrogen-bond donors (Lipinski definition) is 2. The number of hydrogen-bond acceptors (Lipinski definition) is 2. The summed E-state index contributed by atoms with van der Waals surface area (Å²) in [6.45, 7) is 3.34. The molecule has 0 amide bonds. The molecule has 0 radical (unpaired) electrons. The third-order valence-corrected chi connectivity index (χ3v) is 3.35. The van der Waals surface area contributed by atoms with E-state index in [0.717, 1.165) is 0 Å². The van der Waals surface area contributed by atoms with Gasteiger partial charge in [-0.2, -0.15) is 0 Å². The van der Waals surface area contributed by atoms with Gasteiger partial charge in [0.1, 0.15) is 0 Å². The highest BCUT2D eigenvalue weighted by atomic mass is 16.4. The van der Waals surface area contributed by atoms with Crippen LogP contribution in [0.5, 0.6) is 0 Å². The Labute approximate surface area is 82.9 Å². The first-order valence-electron chi connectivity index (χ1n) is 4.82. The molecule has 0 bridgehead atoms.